The van der Waals surface area contributed by atoms with E-state index in [1.165, 1.54) is 6.07 Å². The first-order chi connectivity index (χ1) is 13.2. The number of benzene rings is 1. The van der Waals surface area contributed by atoms with Crippen LogP contribution in [-0.4, -0.2) is 57.0 Å². The highest BCUT2D eigenvalue weighted by atomic mass is 16.5. The molecule has 1 fully saturated rings. The van der Waals surface area contributed by atoms with Crippen LogP contribution in [0, 0.1) is 0 Å². The molecule has 0 spiro atoms. The lowest BCUT2D eigenvalue weighted by Gasteiger charge is -2.26. The summed E-state index contributed by atoms with van der Waals surface area (Å²) in [6.45, 7) is 7.83. The van der Waals surface area contributed by atoms with Crippen LogP contribution in [0.5, 0.6) is 0 Å². The molecule has 1 saturated heterocycles. The number of hydrogen-bond donors (Lipinski definition) is 2. The molecule has 2 aromatic rings. The van der Waals surface area contributed by atoms with Gasteiger partial charge in [0, 0.05) is 55.9 Å². The summed E-state index contributed by atoms with van der Waals surface area (Å²) < 4.78 is 15.5. The van der Waals surface area contributed by atoms with E-state index in [9.17, 15) is 9.59 Å². The fourth-order valence-corrected chi connectivity index (χ4v) is 3.02. The molecule has 0 aliphatic carbocycles. The van der Waals surface area contributed by atoms with Gasteiger partial charge in [-0.1, -0.05) is 0 Å². The van der Waals surface area contributed by atoms with E-state index in [0.717, 1.165) is 50.3 Å². The van der Waals surface area contributed by atoms with Crippen LogP contribution in [-0.2, 0) is 16.0 Å². The molecule has 3 rings (SSSR count). The molecule has 2 heterocycles. The van der Waals surface area contributed by atoms with Crippen molar-refractivity contribution in [3.8, 4) is 0 Å². The minimum absolute atomic E-state index is 0.286. The first kappa shape index (κ1) is 19.3. The Morgan fingerprint density at radius 1 is 1.26 bits per heavy atom. The second-order valence-corrected chi connectivity index (χ2v) is 6.28. The third-order valence-corrected chi connectivity index (χ3v) is 4.38. The Morgan fingerprint density at radius 3 is 2.85 bits per heavy atom. The molecule has 0 atom stereocenters. The van der Waals surface area contributed by atoms with Crippen LogP contribution in [0.15, 0.2) is 33.5 Å². The molecule has 1 amide bonds. The minimum Gasteiger partial charge on any atom is -0.450 e. The molecule has 0 unspecified atom stereocenters. The van der Waals surface area contributed by atoms with Crippen molar-refractivity contribution in [2.75, 3.05) is 51.3 Å². The highest BCUT2D eigenvalue weighted by molar-refractivity contribution is 5.89. The fourth-order valence-electron chi connectivity index (χ4n) is 3.02. The monoisotopic (exact) mass is 375 g/mol. The van der Waals surface area contributed by atoms with Gasteiger partial charge in [0.2, 0.25) is 0 Å². The second-order valence-electron chi connectivity index (χ2n) is 6.28. The number of ether oxygens (including phenoxy) is 2. The largest absolute Gasteiger partial charge is 0.450 e. The Balaban J connectivity index is 1.64. The number of nitrogens with one attached hydrogen (secondary N) is 2. The number of anilines is 1. The summed E-state index contributed by atoms with van der Waals surface area (Å²) in [5.74, 6) is 0. The maximum Gasteiger partial charge on any atom is 0.411 e. The summed E-state index contributed by atoms with van der Waals surface area (Å²) in [6, 6.07) is 6.72. The van der Waals surface area contributed by atoms with Crippen molar-refractivity contribution in [2.45, 2.75) is 13.5 Å². The lowest BCUT2D eigenvalue weighted by Crippen LogP contribution is -2.40. The zero-order valence-electron chi connectivity index (χ0n) is 15.5. The summed E-state index contributed by atoms with van der Waals surface area (Å²) >= 11 is 0. The van der Waals surface area contributed by atoms with E-state index in [0.29, 0.717) is 17.8 Å². The number of morpholine rings is 1. The van der Waals surface area contributed by atoms with E-state index in [-0.39, 0.29) is 6.61 Å². The van der Waals surface area contributed by atoms with E-state index in [4.69, 9.17) is 13.9 Å². The van der Waals surface area contributed by atoms with Crippen LogP contribution in [0.3, 0.4) is 0 Å². The van der Waals surface area contributed by atoms with Gasteiger partial charge in [0.25, 0.3) is 0 Å². The van der Waals surface area contributed by atoms with Gasteiger partial charge in [0.15, 0.2) is 0 Å². The molecule has 146 valence electrons. The molecule has 1 aliphatic rings. The number of amides is 1. The highest BCUT2D eigenvalue weighted by Gasteiger charge is 2.11. The summed E-state index contributed by atoms with van der Waals surface area (Å²) in [7, 11) is 0. The second kappa shape index (κ2) is 9.50. The third-order valence-electron chi connectivity index (χ3n) is 4.38. The maximum atomic E-state index is 11.9. The van der Waals surface area contributed by atoms with Crippen molar-refractivity contribution in [3.05, 3.63) is 40.2 Å². The lowest BCUT2D eigenvalue weighted by molar-refractivity contribution is 0.0384. The molecule has 2 N–H and O–H groups in total. The van der Waals surface area contributed by atoms with Crippen molar-refractivity contribution < 1.29 is 18.7 Å². The molecule has 1 aromatic carbocycles. The van der Waals surface area contributed by atoms with Crippen molar-refractivity contribution in [3.63, 3.8) is 0 Å². The van der Waals surface area contributed by atoms with Gasteiger partial charge in [-0.3, -0.25) is 10.2 Å². The first-order valence-corrected chi connectivity index (χ1v) is 9.17. The maximum absolute atomic E-state index is 11.9. The zero-order valence-corrected chi connectivity index (χ0v) is 15.5. The molecule has 1 aliphatic heterocycles. The normalized spacial score (nSPS) is 15.0. The quantitative estimate of drug-likeness (QED) is 0.563. The summed E-state index contributed by atoms with van der Waals surface area (Å²) in [5, 5.41) is 6.82. The van der Waals surface area contributed by atoms with Gasteiger partial charge < -0.3 is 19.2 Å². The zero-order chi connectivity index (χ0) is 19.1. The molecule has 8 nitrogen and oxygen atoms in total. The van der Waals surface area contributed by atoms with Crippen LogP contribution in [0.2, 0.25) is 0 Å². The average Bonchev–Trinajstić information content (AvgIpc) is 2.65. The Kier molecular flexibility index (Phi) is 6.80. The lowest BCUT2D eigenvalue weighted by atomic mass is 10.1. The van der Waals surface area contributed by atoms with Gasteiger partial charge in [0.05, 0.1) is 19.8 Å². The Morgan fingerprint density at radius 2 is 2.07 bits per heavy atom. The SMILES string of the molecule is CCOC(=O)Nc1ccc2c(CNCCN3CCOCC3)cc(=O)oc2c1. The van der Waals surface area contributed by atoms with E-state index >= 15 is 0 Å². The number of rotatable bonds is 7. The van der Waals surface area contributed by atoms with Crippen LogP contribution in [0.1, 0.15) is 12.5 Å². The van der Waals surface area contributed by atoms with Gasteiger partial charge in [-0.25, -0.2) is 9.59 Å². The summed E-state index contributed by atoms with van der Waals surface area (Å²) in [5.41, 5.74) is 1.40. The Hall–Kier alpha value is -2.42. The van der Waals surface area contributed by atoms with E-state index in [2.05, 4.69) is 15.5 Å². The number of fused-ring (bicyclic) bond motifs is 1. The summed E-state index contributed by atoms with van der Waals surface area (Å²) in [4.78, 5) is 25.8. The van der Waals surface area contributed by atoms with Crippen molar-refractivity contribution in [1.82, 2.24) is 10.2 Å². The highest BCUT2D eigenvalue weighted by Crippen LogP contribution is 2.21. The average molecular weight is 375 g/mol. The van der Waals surface area contributed by atoms with Crippen LogP contribution in [0.25, 0.3) is 11.0 Å². The van der Waals surface area contributed by atoms with Crippen molar-refractivity contribution >= 4 is 22.7 Å². The fraction of sp³-hybridized carbons (Fsp3) is 0.474. The molecular weight excluding hydrogens is 350 g/mol. The van der Waals surface area contributed by atoms with Crippen molar-refractivity contribution in [2.24, 2.45) is 0 Å². The van der Waals surface area contributed by atoms with Crippen molar-refractivity contribution in [1.29, 1.82) is 0 Å². The van der Waals surface area contributed by atoms with Gasteiger partial charge in [-0.2, -0.15) is 0 Å². The molecule has 0 saturated carbocycles. The Bertz CT molecular complexity index is 830. The van der Waals surface area contributed by atoms with Crippen LogP contribution in [0.4, 0.5) is 10.5 Å². The van der Waals surface area contributed by atoms with Gasteiger partial charge in [-0.05, 0) is 24.6 Å². The number of hydrogen-bond acceptors (Lipinski definition) is 7. The molecule has 8 heteroatoms. The predicted molar refractivity (Wildman–Crippen MR) is 102 cm³/mol. The summed E-state index contributed by atoms with van der Waals surface area (Å²) in [6.07, 6.45) is -0.542. The van der Waals surface area contributed by atoms with Gasteiger partial charge in [-0.15, -0.1) is 0 Å². The molecule has 27 heavy (non-hydrogen) atoms. The smallest absolute Gasteiger partial charge is 0.411 e. The number of nitrogens with zero attached hydrogens (tertiary/aromatic N) is 1. The third kappa shape index (κ3) is 5.53. The number of carbonyl (C=O) groups excluding carboxylic acids is 1. The van der Waals surface area contributed by atoms with Crippen LogP contribution >= 0.6 is 0 Å². The van der Waals surface area contributed by atoms with Crippen LogP contribution < -0.4 is 16.3 Å². The van der Waals surface area contributed by atoms with Gasteiger partial charge in [0.1, 0.15) is 5.58 Å². The number of carbonyl (C=O) groups is 1. The molecule has 0 radical (unpaired) electrons. The topological polar surface area (TPSA) is 93.0 Å². The minimum atomic E-state index is -0.542. The predicted octanol–water partition coefficient (Wildman–Crippen LogP) is 1.78. The van der Waals surface area contributed by atoms with E-state index in [1.54, 1.807) is 19.1 Å². The molecule has 0 bridgehead atoms. The Labute approximate surface area is 157 Å². The molecular formula is C19H25N3O5. The molecule has 1 aromatic heterocycles. The van der Waals surface area contributed by atoms with E-state index < -0.39 is 11.7 Å². The first-order valence-electron chi connectivity index (χ1n) is 9.17. The van der Waals surface area contributed by atoms with E-state index in [1.807, 2.05) is 6.07 Å². The van der Waals surface area contributed by atoms with Gasteiger partial charge >= 0.3 is 11.7 Å². The standard InChI is InChI=1S/C19H25N3O5/c1-2-26-19(24)21-15-3-4-16-14(11-18(23)27-17(16)12-15)13-20-5-6-22-7-9-25-10-8-22/h3-4,11-12,20H,2,5-10,13H2,1H3,(H,21,24).